The van der Waals surface area contributed by atoms with Gasteiger partial charge in [0.25, 0.3) is 0 Å². The Morgan fingerprint density at radius 2 is 2.40 bits per heavy atom. The maximum Gasteiger partial charge on any atom is 0.228 e. The average Bonchev–Trinajstić information content (AvgIpc) is 2.99. The van der Waals surface area contributed by atoms with Crippen LogP contribution in [0.1, 0.15) is 30.7 Å². The van der Waals surface area contributed by atoms with Crippen LogP contribution in [0, 0.1) is 6.92 Å². The zero-order valence-electron chi connectivity index (χ0n) is 11.6. The predicted molar refractivity (Wildman–Crippen MR) is 77.9 cm³/mol. The van der Waals surface area contributed by atoms with E-state index in [0.717, 1.165) is 42.2 Å². The molecule has 20 heavy (non-hydrogen) atoms. The van der Waals surface area contributed by atoms with Gasteiger partial charge in [-0.05, 0) is 26.2 Å². The molecule has 1 N–H and O–H groups in total. The Labute approximate surface area is 121 Å². The Hall–Kier alpha value is -1.40. The molecule has 0 radical (unpaired) electrons. The summed E-state index contributed by atoms with van der Waals surface area (Å²) in [7, 11) is 0. The fourth-order valence-corrected chi connectivity index (χ4v) is 3.76. The molecule has 6 heteroatoms. The van der Waals surface area contributed by atoms with E-state index in [4.69, 9.17) is 0 Å². The van der Waals surface area contributed by atoms with E-state index in [1.54, 1.807) is 11.3 Å². The van der Waals surface area contributed by atoms with Gasteiger partial charge in [0, 0.05) is 23.8 Å². The smallest absolute Gasteiger partial charge is 0.228 e. The van der Waals surface area contributed by atoms with E-state index in [1.807, 2.05) is 27.8 Å². The minimum atomic E-state index is -0.00472. The Kier molecular flexibility index (Phi) is 3.76. The Bertz CT molecular complexity index is 619. The zero-order chi connectivity index (χ0) is 14.1. The standard InChI is InChI=1S/C14H19N3O2S/c1-10-7-17-12(9-20-14(17)15-10)6-13(19)16-5-3-2-4-11(16)8-18/h7,9,11,18H,2-6,8H2,1H3. The second kappa shape index (κ2) is 5.54. The highest BCUT2D eigenvalue weighted by Gasteiger charge is 2.26. The molecule has 0 aliphatic carbocycles. The first kappa shape index (κ1) is 13.6. The van der Waals surface area contributed by atoms with E-state index in [0.29, 0.717) is 6.42 Å². The summed E-state index contributed by atoms with van der Waals surface area (Å²) in [6, 6.07) is -0.00472. The molecule has 1 amide bonds. The molecule has 1 unspecified atom stereocenters. The van der Waals surface area contributed by atoms with Crippen molar-refractivity contribution in [1.29, 1.82) is 0 Å². The molecule has 2 aromatic rings. The highest BCUT2D eigenvalue weighted by atomic mass is 32.1. The monoisotopic (exact) mass is 293 g/mol. The Morgan fingerprint density at radius 3 is 3.20 bits per heavy atom. The number of thiazole rings is 1. The quantitative estimate of drug-likeness (QED) is 0.935. The topological polar surface area (TPSA) is 57.8 Å². The van der Waals surface area contributed by atoms with Gasteiger partial charge in [0.15, 0.2) is 4.96 Å². The lowest BCUT2D eigenvalue weighted by atomic mass is 10.0. The van der Waals surface area contributed by atoms with Gasteiger partial charge in [-0.15, -0.1) is 11.3 Å². The summed E-state index contributed by atoms with van der Waals surface area (Å²) in [6.07, 6.45) is 5.38. The minimum absolute atomic E-state index is 0.00472. The van der Waals surface area contributed by atoms with E-state index in [1.165, 1.54) is 0 Å². The zero-order valence-corrected chi connectivity index (χ0v) is 12.4. The summed E-state index contributed by atoms with van der Waals surface area (Å²) in [5.41, 5.74) is 1.95. The number of fused-ring (bicyclic) bond motifs is 1. The molecule has 0 saturated carbocycles. The van der Waals surface area contributed by atoms with Gasteiger partial charge in [-0.1, -0.05) is 0 Å². The van der Waals surface area contributed by atoms with E-state index < -0.39 is 0 Å². The predicted octanol–water partition coefficient (Wildman–Crippen LogP) is 1.62. The third-order valence-electron chi connectivity index (χ3n) is 3.89. The molecule has 1 aliphatic heterocycles. The summed E-state index contributed by atoms with van der Waals surface area (Å²) in [5, 5.41) is 11.4. The van der Waals surface area contributed by atoms with Gasteiger partial charge >= 0.3 is 0 Å². The molecule has 1 saturated heterocycles. The molecule has 0 spiro atoms. The van der Waals surface area contributed by atoms with Crippen LogP contribution < -0.4 is 0 Å². The molecule has 0 aromatic carbocycles. The van der Waals surface area contributed by atoms with Crippen LogP contribution in [-0.2, 0) is 11.2 Å². The van der Waals surface area contributed by atoms with Crippen LogP contribution in [0.4, 0.5) is 0 Å². The fourth-order valence-electron chi connectivity index (χ4n) is 2.84. The molecular formula is C14H19N3O2S. The first-order valence-corrected chi connectivity index (χ1v) is 7.89. The molecule has 0 bridgehead atoms. The fraction of sp³-hybridized carbons (Fsp3) is 0.571. The number of aliphatic hydroxyl groups is 1. The normalized spacial score (nSPS) is 19.7. The first-order chi connectivity index (χ1) is 9.69. The molecule has 2 aromatic heterocycles. The number of likely N-dealkylation sites (tertiary alicyclic amines) is 1. The summed E-state index contributed by atoms with van der Waals surface area (Å²) in [6.45, 7) is 2.78. The van der Waals surface area contributed by atoms with E-state index in [-0.39, 0.29) is 18.6 Å². The van der Waals surface area contributed by atoms with E-state index in [9.17, 15) is 9.90 Å². The first-order valence-electron chi connectivity index (χ1n) is 7.01. The maximum absolute atomic E-state index is 12.5. The summed E-state index contributed by atoms with van der Waals surface area (Å²) < 4.78 is 2.00. The van der Waals surface area contributed by atoms with Gasteiger partial charge in [-0.3, -0.25) is 9.20 Å². The van der Waals surface area contributed by atoms with Crippen molar-refractivity contribution in [1.82, 2.24) is 14.3 Å². The molecule has 108 valence electrons. The summed E-state index contributed by atoms with van der Waals surface area (Å²) in [5.74, 6) is 0.106. The van der Waals surface area contributed by atoms with Crippen molar-refractivity contribution < 1.29 is 9.90 Å². The van der Waals surface area contributed by atoms with Crippen LogP contribution in [0.2, 0.25) is 0 Å². The van der Waals surface area contributed by atoms with Gasteiger partial charge in [0.2, 0.25) is 5.91 Å². The van der Waals surface area contributed by atoms with E-state index in [2.05, 4.69) is 4.98 Å². The van der Waals surface area contributed by atoms with Crippen molar-refractivity contribution in [2.45, 2.75) is 38.6 Å². The third-order valence-corrected chi connectivity index (χ3v) is 4.78. The number of piperidine rings is 1. The largest absolute Gasteiger partial charge is 0.394 e. The van der Waals surface area contributed by atoms with Gasteiger partial charge < -0.3 is 10.0 Å². The van der Waals surface area contributed by atoms with Crippen molar-refractivity contribution >= 4 is 22.2 Å². The second-order valence-corrected chi connectivity index (χ2v) is 6.19. The van der Waals surface area contributed by atoms with Crippen molar-refractivity contribution in [3.05, 3.63) is 23.0 Å². The molecule has 1 atom stereocenters. The summed E-state index contributed by atoms with van der Waals surface area (Å²) >= 11 is 1.56. The van der Waals surface area contributed by atoms with Crippen molar-refractivity contribution in [3.8, 4) is 0 Å². The SMILES string of the molecule is Cc1cn2c(CC(=O)N3CCCCC3CO)csc2n1. The Morgan fingerprint density at radius 1 is 1.55 bits per heavy atom. The highest BCUT2D eigenvalue weighted by Crippen LogP contribution is 2.21. The van der Waals surface area contributed by atoms with Crippen LogP contribution >= 0.6 is 11.3 Å². The van der Waals surface area contributed by atoms with Gasteiger partial charge in [-0.2, -0.15) is 0 Å². The molecule has 1 aliphatic rings. The highest BCUT2D eigenvalue weighted by molar-refractivity contribution is 7.15. The number of amides is 1. The second-order valence-electron chi connectivity index (χ2n) is 5.36. The van der Waals surface area contributed by atoms with Crippen molar-refractivity contribution in [2.24, 2.45) is 0 Å². The third kappa shape index (κ3) is 2.45. The van der Waals surface area contributed by atoms with Crippen molar-refractivity contribution in [3.63, 3.8) is 0 Å². The Balaban J connectivity index is 1.77. The van der Waals surface area contributed by atoms with Crippen LogP contribution in [0.15, 0.2) is 11.6 Å². The number of imidazole rings is 1. The number of nitrogens with zero attached hydrogens (tertiary/aromatic N) is 3. The molecule has 5 nitrogen and oxygen atoms in total. The molecule has 1 fully saturated rings. The summed E-state index contributed by atoms with van der Waals surface area (Å²) in [4.78, 5) is 19.6. The number of aliphatic hydroxyl groups excluding tert-OH is 1. The number of hydrogen-bond donors (Lipinski definition) is 1. The number of aryl methyl sites for hydroxylation is 1. The molecular weight excluding hydrogens is 274 g/mol. The number of carbonyl (C=O) groups is 1. The van der Waals surface area contributed by atoms with Gasteiger partial charge in [-0.25, -0.2) is 4.98 Å². The number of rotatable bonds is 3. The van der Waals surface area contributed by atoms with E-state index >= 15 is 0 Å². The molecule has 3 heterocycles. The number of aromatic nitrogens is 2. The van der Waals surface area contributed by atoms with Crippen LogP contribution in [0.25, 0.3) is 4.96 Å². The lowest BCUT2D eigenvalue weighted by Crippen LogP contribution is -2.46. The minimum Gasteiger partial charge on any atom is -0.394 e. The van der Waals surface area contributed by atoms with Gasteiger partial charge in [0.1, 0.15) is 0 Å². The van der Waals surface area contributed by atoms with Gasteiger partial charge in [0.05, 0.1) is 24.8 Å². The lowest BCUT2D eigenvalue weighted by Gasteiger charge is -2.34. The average molecular weight is 293 g/mol. The van der Waals surface area contributed by atoms with Crippen LogP contribution in [0.5, 0.6) is 0 Å². The number of hydrogen-bond acceptors (Lipinski definition) is 4. The van der Waals surface area contributed by atoms with Crippen LogP contribution in [-0.4, -0.2) is 44.5 Å². The lowest BCUT2D eigenvalue weighted by molar-refractivity contribution is -0.135. The van der Waals surface area contributed by atoms with Crippen molar-refractivity contribution in [2.75, 3.05) is 13.2 Å². The molecule has 3 rings (SSSR count). The maximum atomic E-state index is 12.5. The van der Waals surface area contributed by atoms with Crippen LogP contribution in [0.3, 0.4) is 0 Å². The number of carbonyl (C=O) groups excluding carboxylic acids is 1.